The lowest BCUT2D eigenvalue weighted by Crippen LogP contribution is -2.45. The molecule has 4 rings (SSSR count). The summed E-state index contributed by atoms with van der Waals surface area (Å²) in [6, 6.07) is 18.3. The first kappa shape index (κ1) is 19.4. The summed E-state index contributed by atoms with van der Waals surface area (Å²) in [5, 5.41) is 10.3. The Morgan fingerprint density at radius 2 is 1.77 bits per heavy atom. The number of hydrogen-bond donors (Lipinski definition) is 2. The molecule has 2 aromatic carbocycles. The third-order valence-electron chi connectivity index (χ3n) is 4.89. The Bertz CT molecular complexity index is 1100. The molecule has 3 aromatic rings. The van der Waals surface area contributed by atoms with Crippen LogP contribution < -0.4 is 10.6 Å². The molecule has 2 heterocycles. The first-order valence-electron chi connectivity index (χ1n) is 9.74. The normalized spacial score (nSPS) is 16.1. The molecule has 0 bridgehead atoms. The molecule has 30 heavy (non-hydrogen) atoms. The van der Waals surface area contributed by atoms with E-state index in [1.807, 2.05) is 66.9 Å². The van der Waals surface area contributed by atoms with Crippen molar-refractivity contribution >= 4 is 12.0 Å². The van der Waals surface area contributed by atoms with Crippen molar-refractivity contribution in [3.8, 4) is 16.9 Å². The summed E-state index contributed by atoms with van der Waals surface area (Å²) in [7, 11) is 0. The third kappa shape index (κ3) is 3.69. The summed E-state index contributed by atoms with van der Waals surface area (Å²) in [6.07, 6.45) is 1.85. The average Bonchev–Trinajstić information content (AvgIpc) is 3.20. The molecule has 2 amide bonds. The summed E-state index contributed by atoms with van der Waals surface area (Å²) >= 11 is 0. The van der Waals surface area contributed by atoms with Crippen molar-refractivity contribution in [1.29, 1.82) is 0 Å². The molecule has 0 fully saturated rings. The molecule has 0 saturated carbocycles. The molecule has 1 aromatic heterocycles. The highest BCUT2D eigenvalue weighted by Gasteiger charge is 2.35. The number of carbonyl (C=O) groups is 2. The highest BCUT2D eigenvalue weighted by molar-refractivity contribution is 5.95. The van der Waals surface area contributed by atoms with E-state index in [0.717, 1.165) is 11.3 Å². The van der Waals surface area contributed by atoms with E-state index in [1.54, 1.807) is 18.5 Å². The molecule has 0 radical (unpaired) electrons. The predicted molar refractivity (Wildman–Crippen MR) is 113 cm³/mol. The molecule has 7 heteroatoms. The number of benzene rings is 2. The molecule has 2 N–H and O–H groups in total. The first-order chi connectivity index (χ1) is 14.6. The Morgan fingerprint density at radius 1 is 1.10 bits per heavy atom. The maximum atomic E-state index is 12.7. The Labute approximate surface area is 174 Å². The molecule has 152 valence electrons. The number of hydrogen-bond acceptors (Lipinski definition) is 4. The highest BCUT2D eigenvalue weighted by atomic mass is 16.5. The van der Waals surface area contributed by atoms with E-state index in [0.29, 0.717) is 22.5 Å². The van der Waals surface area contributed by atoms with Gasteiger partial charge in [-0.3, -0.25) is 0 Å². The monoisotopic (exact) mass is 402 g/mol. The van der Waals surface area contributed by atoms with E-state index in [9.17, 15) is 9.59 Å². The minimum Gasteiger partial charge on any atom is -0.463 e. The maximum absolute atomic E-state index is 12.7. The predicted octanol–water partition coefficient (Wildman–Crippen LogP) is 3.73. The van der Waals surface area contributed by atoms with E-state index in [1.165, 1.54) is 0 Å². The van der Waals surface area contributed by atoms with Crippen molar-refractivity contribution in [2.24, 2.45) is 0 Å². The fourth-order valence-corrected chi connectivity index (χ4v) is 3.54. The topological polar surface area (TPSA) is 85.2 Å². The number of amides is 2. The van der Waals surface area contributed by atoms with E-state index in [-0.39, 0.29) is 12.6 Å². The van der Waals surface area contributed by atoms with Crippen molar-refractivity contribution in [2.45, 2.75) is 19.9 Å². The molecule has 0 spiro atoms. The van der Waals surface area contributed by atoms with Crippen molar-refractivity contribution in [1.82, 2.24) is 20.4 Å². The van der Waals surface area contributed by atoms with Crippen LogP contribution in [0.25, 0.3) is 16.9 Å². The summed E-state index contributed by atoms with van der Waals surface area (Å²) in [6.45, 7) is 3.69. The van der Waals surface area contributed by atoms with Gasteiger partial charge in [0, 0.05) is 23.0 Å². The number of urea groups is 1. The summed E-state index contributed by atoms with van der Waals surface area (Å²) in [5.41, 5.74) is 3.98. The second kappa shape index (κ2) is 8.24. The van der Waals surface area contributed by atoms with E-state index in [2.05, 4.69) is 10.6 Å². The van der Waals surface area contributed by atoms with Gasteiger partial charge < -0.3 is 15.4 Å². The van der Waals surface area contributed by atoms with Gasteiger partial charge in [0.15, 0.2) is 0 Å². The molecule has 0 saturated heterocycles. The van der Waals surface area contributed by atoms with Crippen molar-refractivity contribution in [3.63, 3.8) is 0 Å². The second-order valence-corrected chi connectivity index (χ2v) is 6.87. The van der Waals surface area contributed by atoms with Gasteiger partial charge in [-0.2, -0.15) is 5.10 Å². The molecule has 7 nitrogen and oxygen atoms in total. The lowest BCUT2D eigenvalue weighted by atomic mass is 9.94. The molecular formula is C23H22N4O3. The lowest BCUT2D eigenvalue weighted by molar-refractivity contribution is -0.139. The fraction of sp³-hybridized carbons (Fsp3) is 0.174. The largest absolute Gasteiger partial charge is 0.463 e. The van der Waals surface area contributed by atoms with Gasteiger partial charge in [-0.1, -0.05) is 48.5 Å². The number of carbonyl (C=O) groups excluding carboxylic acids is 2. The van der Waals surface area contributed by atoms with Crippen LogP contribution in [0.15, 0.2) is 78.1 Å². The van der Waals surface area contributed by atoms with E-state index in [4.69, 9.17) is 9.84 Å². The number of ether oxygens (including phenoxy) is 1. The molecule has 1 aliphatic heterocycles. The zero-order chi connectivity index (χ0) is 21.1. The molecule has 1 atom stereocenters. The van der Waals surface area contributed by atoms with Crippen molar-refractivity contribution < 1.29 is 14.3 Å². The lowest BCUT2D eigenvalue weighted by Gasteiger charge is -2.27. The summed E-state index contributed by atoms with van der Waals surface area (Å²) in [4.78, 5) is 25.0. The number of allylic oxidation sites excluding steroid dienone is 1. The van der Waals surface area contributed by atoms with Gasteiger partial charge in [0.2, 0.25) is 0 Å². The SMILES string of the molecule is CCOC(=O)C1=C(C)NC(=O)N[C@@H]1c1cn(-c2ccccc2)nc1-c1ccccc1. The standard InChI is InChI=1S/C23H22N4O3/c1-3-30-22(28)19-15(2)24-23(29)25-21(19)18-14-27(17-12-8-5-9-13-17)26-20(18)16-10-6-4-7-11-16/h4-14,21H,3H2,1-2H3,(H2,24,25,29)/t21-/m1/s1. The second-order valence-electron chi connectivity index (χ2n) is 6.87. The fourth-order valence-electron chi connectivity index (χ4n) is 3.54. The first-order valence-corrected chi connectivity index (χ1v) is 9.74. The van der Waals surface area contributed by atoms with Crippen molar-refractivity contribution in [3.05, 3.63) is 83.7 Å². The van der Waals surface area contributed by atoms with Crippen LogP contribution in [0.4, 0.5) is 4.79 Å². The zero-order valence-electron chi connectivity index (χ0n) is 16.8. The zero-order valence-corrected chi connectivity index (χ0v) is 16.8. The number of nitrogens with zero attached hydrogens (tertiary/aromatic N) is 2. The van der Waals surface area contributed by atoms with Crippen LogP contribution in [0.1, 0.15) is 25.5 Å². The van der Waals surface area contributed by atoms with Gasteiger partial charge in [-0.05, 0) is 26.0 Å². The highest BCUT2D eigenvalue weighted by Crippen LogP contribution is 2.34. The van der Waals surface area contributed by atoms with Crippen LogP contribution in [0.3, 0.4) is 0 Å². The third-order valence-corrected chi connectivity index (χ3v) is 4.89. The Balaban J connectivity index is 1.89. The Hall–Kier alpha value is -3.87. The van der Waals surface area contributed by atoms with Crippen LogP contribution >= 0.6 is 0 Å². The van der Waals surface area contributed by atoms with E-state index < -0.39 is 12.0 Å². The molecule has 1 aliphatic rings. The van der Waals surface area contributed by atoms with Crippen LogP contribution in [0.5, 0.6) is 0 Å². The maximum Gasteiger partial charge on any atom is 0.338 e. The number of rotatable bonds is 5. The van der Waals surface area contributed by atoms with Crippen LogP contribution in [0.2, 0.25) is 0 Å². The Morgan fingerprint density at radius 3 is 2.43 bits per heavy atom. The van der Waals surface area contributed by atoms with Gasteiger partial charge in [0.25, 0.3) is 0 Å². The number of para-hydroxylation sites is 1. The molecular weight excluding hydrogens is 380 g/mol. The Kier molecular flexibility index (Phi) is 5.34. The average molecular weight is 402 g/mol. The van der Waals surface area contributed by atoms with Crippen molar-refractivity contribution in [2.75, 3.05) is 6.61 Å². The minimum atomic E-state index is -0.689. The van der Waals surface area contributed by atoms with Gasteiger partial charge in [-0.25, -0.2) is 14.3 Å². The summed E-state index contributed by atoms with van der Waals surface area (Å²) < 4.78 is 7.01. The summed E-state index contributed by atoms with van der Waals surface area (Å²) in [5.74, 6) is -0.473. The minimum absolute atomic E-state index is 0.241. The van der Waals surface area contributed by atoms with Gasteiger partial charge in [-0.15, -0.1) is 0 Å². The van der Waals surface area contributed by atoms with Gasteiger partial charge >= 0.3 is 12.0 Å². The molecule has 0 unspecified atom stereocenters. The van der Waals surface area contributed by atoms with Gasteiger partial charge in [0.05, 0.1) is 29.6 Å². The number of aromatic nitrogens is 2. The van der Waals surface area contributed by atoms with Crippen LogP contribution in [0, 0.1) is 0 Å². The quantitative estimate of drug-likeness (QED) is 0.637. The molecule has 0 aliphatic carbocycles. The van der Waals surface area contributed by atoms with E-state index >= 15 is 0 Å². The number of nitrogens with one attached hydrogen (secondary N) is 2. The van der Waals surface area contributed by atoms with Gasteiger partial charge in [0.1, 0.15) is 0 Å². The number of esters is 1. The van der Waals surface area contributed by atoms with Crippen LogP contribution in [-0.2, 0) is 9.53 Å². The van der Waals surface area contributed by atoms with Crippen LogP contribution in [-0.4, -0.2) is 28.4 Å². The smallest absolute Gasteiger partial charge is 0.338 e.